The highest BCUT2D eigenvalue weighted by molar-refractivity contribution is 5.58. The SMILES string of the molecule is Nc1ccnc(OCc2cc(-c3ccccc3)no2)n1. The third-order valence-electron chi connectivity index (χ3n) is 2.63. The molecule has 3 aromatic rings. The maximum absolute atomic E-state index is 5.54. The molecule has 0 unspecified atom stereocenters. The van der Waals surface area contributed by atoms with Crippen molar-refractivity contribution >= 4 is 5.82 Å². The van der Waals surface area contributed by atoms with E-state index in [-0.39, 0.29) is 12.6 Å². The van der Waals surface area contributed by atoms with Crippen LogP contribution in [0.25, 0.3) is 11.3 Å². The summed E-state index contributed by atoms with van der Waals surface area (Å²) in [7, 11) is 0. The lowest BCUT2D eigenvalue weighted by atomic mass is 10.1. The summed E-state index contributed by atoms with van der Waals surface area (Å²) in [6, 6.07) is 13.4. The molecular weight excluding hydrogens is 256 g/mol. The van der Waals surface area contributed by atoms with Gasteiger partial charge in [-0.1, -0.05) is 35.5 Å². The predicted molar refractivity (Wildman–Crippen MR) is 72.7 cm³/mol. The lowest BCUT2D eigenvalue weighted by molar-refractivity contribution is 0.233. The van der Waals surface area contributed by atoms with E-state index in [0.717, 1.165) is 11.3 Å². The van der Waals surface area contributed by atoms with E-state index in [9.17, 15) is 0 Å². The monoisotopic (exact) mass is 268 g/mol. The molecule has 0 aliphatic heterocycles. The Kier molecular flexibility index (Phi) is 3.28. The van der Waals surface area contributed by atoms with Crippen LogP contribution in [-0.4, -0.2) is 15.1 Å². The van der Waals surface area contributed by atoms with Crippen LogP contribution < -0.4 is 10.5 Å². The number of nitrogens with zero attached hydrogens (tertiary/aromatic N) is 3. The molecule has 0 spiro atoms. The smallest absolute Gasteiger partial charge is 0.318 e. The van der Waals surface area contributed by atoms with Gasteiger partial charge in [-0.2, -0.15) is 4.98 Å². The van der Waals surface area contributed by atoms with Gasteiger partial charge < -0.3 is 15.0 Å². The maximum Gasteiger partial charge on any atom is 0.318 e. The standard InChI is InChI=1S/C14H12N4O2/c15-13-6-7-16-14(17-13)19-9-11-8-12(18-20-11)10-4-2-1-3-5-10/h1-8H,9H2,(H2,15,16,17). The van der Waals surface area contributed by atoms with E-state index in [1.54, 1.807) is 6.07 Å². The van der Waals surface area contributed by atoms with Gasteiger partial charge in [0.25, 0.3) is 0 Å². The van der Waals surface area contributed by atoms with E-state index in [0.29, 0.717) is 11.6 Å². The second-order valence-electron chi connectivity index (χ2n) is 4.10. The molecule has 0 aliphatic rings. The first kappa shape index (κ1) is 12.2. The Morgan fingerprint density at radius 3 is 2.80 bits per heavy atom. The average molecular weight is 268 g/mol. The molecule has 0 saturated heterocycles. The Morgan fingerprint density at radius 1 is 1.15 bits per heavy atom. The number of nitrogens with two attached hydrogens (primary N) is 1. The van der Waals surface area contributed by atoms with Crippen molar-refractivity contribution in [3.8, 4) is 17.3 Å². The van der Waals surface area contributed by atoms with Crippen molar-refractivity contribution in [2.45, 2.75) is 6.61 Å². The molecule has 2 N–H and O–H groups in total. The van der Waals surface area contributed by atoms with Crippen molar-refractivity contribution in [3.05, 3.63) is 54.4 Å². The highest BCUT2D eigenvalue weighted by atomic mass is 16.5. The van der Waals surface area contributed by atoms with Crippen molar-refractivity contribution < 1.29 is 9.26 Å². The summed E-state index contributed by atoms with van der Waals surface area (Å²) in [4.78, 5) is 7.88. The van der Waals surface area contributed by atoms with Crippen molar-refractivity contribution in [1.29, 1.82) is 0 Å². The predicted octanol–water partition coefficient (Wildman–Crippen LogP) is 2.29. The van der Waals surface area contributed by atoms with E-state index >= 15 is 0 Å². The molecule has 6 heteroatoms. The van der Waals surface area contributed by atoms with Crippen molar-refractivity contribution in [1.82, 2.24) is 15.1 Å². The fraction of sp³-hybridized carbons (Fsp3) is 0.0714. The fourth-order valence-electron chi connectivity index (χ4n) is 1.69. The third kappa shape index (κ3) is 2.74. The molecule has 2 heterocycles. The van der Waals surface area contributed by atoms with E-state index in [2.05, 4.69) is 15.1 Å². The summed E-state index contributed by atoms with van der Waals surface area (Å²) >= 11 is 0. The van der Waals surface area contributed by atoms with Crippen LogP contribution in [0.15, 0.2) is 53.2 Å². The van der Waals surface area contributed by atoms with Gasteiger partial charge in [0, 0.05) is 17.8 Å². The molecule has 0 aliphatic carbocycles. The van der Waals surface area contributed by atoms with Gasteiger partial charge in [0.05, 0.1) is 0 Å². The van der Waals surface area contributed by atoms with Gasteiger partial charge in [-0.15, -0.1) is 0 Å². The second kappa shape index (κ2) is 5.40. The number of anilines is 1. The first-order chi connectivity index (χ1) is 9.81. The van der Waals surface area contributed by atoms with E-state index < -0.39 is 0 Å². The van der Waals surface area contributed by atoms with Crippen molar-refractivity contribution in [3.63, 3.8) is 0 Å². The molecule has 0 amide bonds. The topological polar surface area (TPSA) is 87.1 Å². The molecule has 3 rings (SSSR count). The summed E-state index contributed by atoms with van der Waals surface area (Å²) in [5, 5.41) is 4.00. The number of benzene rings is 1. The van der Waals surface area contributed by atoms with Crippen molar-refractivity contribution in [2.75, 3.05) is 5.73 Å². The third-order valence-corrected chi connectivity index (χ3v) is 2.63. The summed E-state index contributed by atoms with van der Waals surface area (Å²) in [5.74, 6) is 0.951. The van der Waals surface area contributed by atoms with Gasteiger partial charge >= 0.3 is 6.01 Å². The molecule has 0 radical (unpaired) electrons. The Balaban J connectivity index is 1.69. The Hall–Kier alpha value is -2.89. The lowest BCUT2D eigenvalue weighted by Gasteiger charge is -2.00. The first-order valence-corrected chi connectivity index (χ1v) is 6.03. The zero-order valence-corrected chi connectivity index (χ0v) is 10.6. The Morgan fingerprint density at radius 2 is 2.00 bits per heavy atom. The molecule has 0 bridgehead atoms. The molecule has 6 nitrogen and oxygen atoms in total. The summed E-state index contributed by atoms with van der Waals surface area (Å²) < 4.78 is 10.6. The molecule has 0 atom stereocenters. The molecule has 2 aromatic heterocycles. The number of hydrogen-bond donors (Lipinski definition) is 1. The van der Waals surface area contributed by atoms with E-state index in [1.807, 2.05) is 36.4 Å². The lowest BCUT2D eigenvalue weighted by Crippen LogP contribution is -2.00. The van der Waals surface area contributed by atoms with Crippen LogP contribution >= 0.6 is 0 Å². The number of rotatable bonds is 4. The summed E-state index contributed by atoms with van der Waals surface area (Å²) in [6.45, 7) is 0.198. The van der Waals surface area contributed by atoms with Crippen LogP contribution in [0.5, 0.6) is 6.01 Å². The minimum Gasteiger partial charge on any atom is -0.455 e. The molecule has 0 saturated carbocycles. The van der Waals surface area contributed by atoms with E-state index in [1.165, 1.54) is 6.20 Å². The van der Waals surface area contributed by atoms with Crippen LogP contribution in [0.4, 0.5) is 5.82 Å². The number of nitrogen functional groups attached to an aromatic ring is 1. The Bertz CT molecular complexity index is 697. The van der Waals surface area contributed by atoms with Gasteiger partial charge in [0.15, 0.2) is 12.4 Å². The Labute approximate surface area is 115 Å². The largest absolute Gasteiger partial charge is 0.455 e. The number of hydrogen-bond acceptors (Lipinski definition) is 6. The highest BCUT2D eigenvalue weighted by Gasteiger charge is 2.07. The molecule has 0 fully saturated rings. The van der Waals surface area contributed by atoms with Crippen LogP contribution in [0.1, 0.15) is 5.76 Å². The van der Waals surface area contributed by atoms with Gasteiger partial charge in [-0.25, -0.2) is 4.98 Å². The molecule has 1 aromatic carbocycles. The zero-order chi connectivity index (χ0) is 13.8. The fourth-order valence-corrected chi connectivity index (χ4v) is 1.69. The number of aromatic nitrogens is 3. The van der Waals surface area contributed by atoms with Crippen molar-refractivity contribution in [2.24, 2.45) is 0 Å². The average Bonchev–Trinajstić information content (AvgIpc) is 2.95. The van der Waals surface area contributed by atoms with Crippen LogP contribution in [0.2, 0.25) is 0 Å². The van der Waals surface area contributed by atoms with Crippen LogP contribution in [0, 0.1) is 0 Å². The molecule has 20 heavy (non-hydrogen) atoms. The summed E-state index contributed by atoms with van der Waals surface area (Å²) in [5.41, 5.74) is 7.29. The summed E-state index contributed by atoms with van der Waals surface area (Å²) in [6.07, 6.45) is 1.54. The van der Waals surface area contributed by atoms with Gasteiger partial charge in [-0.3, -0.25) is 0 Å². The van der Waals surface area contributed by atoms with Crippen LogP contribution in [0.3, 0.4) is 0 Å². The minimum absolute atomic E-state index is 0.198. The highest BCUT2D eigenvalue weighted by Crippen LogP contribution is 2.19. The minimum atomic E-state index is 0.198. The second-order valence-corrected chi connectivity index (χ2v) is 4.10. The first-order valence-electron chi connectivity index (χ1n) is 6.03. The van der Waals surface area contributed by atoms with E-state index in [4.69, 9.17) is 15.0 Å². The van der Waals surface area contributed by atoms with Gasteiger partial charge in [-0.05, 0) is 6.07 Å². The number of ether oxygens (including phenoxy) is 1. The molecule has 100 valence electrons. The quantitative estimate of drug-likeness (QED) is 0.781. The van der Waals surface area contributed by atoms with Gasteiger partial charge in [0.1, 0.15) is 11.5 Å². The van der Waals surface area contributed by atoms with Gasteiger partial charge in [0.2, 0.25) is 0 Å². The van der Waals surface area contributed by atoms with Crippen LogP contribution in [-0.2, 0) is 6.61 Å². The normalized spacial score (nSPS) is 10.4. The molecular formula is C14H12N4O2. The maximum atomic E-state index is 5.54. The zero-order valence-electron chi connectivity index (χ0n) is 10.6.